The van der Waals surface area contributed by atoms with Crippen LogP contribution < -0.4 is 16.4 Å². The first-order chi connectivity index (χ1) is 17.6. The Balaban J connectivity index is 1.30. The number of allylic oxidation sites excluding steroid dienone is 2. The molecule has 1 amide bonds. The van der Waals surface area contributed by atoms with Crippen LogP contribution in [0.4, 0.5) is 0 Å². The Kier molecular flexibility index (Phi) is 7.65. The van der Waals surface area contributed by atoms with E-state index >= 15 is 0 Å². The fourth-order valence-electron chi connectivity index (χ4n) is 4.96. The van der Waals surface area contributed by atoms with Crippen molar-refractivity contribution in [2.75, 3.05) is 19.4 Å². The van der Waals surface area contributed by atoms with Crippen molar-refractivity contribution in [1.82, 2.24) is 15.5 Å². The van der Waals surface area contributed by atoms with Gasteiger partial charge >= 0.3 is 0 Å². The molecule has 1 aromatic carbocycles. The quantitative estimate of drug-likeness (QED) is 0.358. The third-order valence-corrected chi connectivity index (χ3v) is 8.25. The van der Waals surface area contributed by atoms with Crippen molar-refractivity contribution in [3.05, 3.63) is 77.0 Å². The lowest BCUT2D eigenvalue weighted by Crippen LogP contribution is -2.39. The van der Waals surface area contributed by atoms with Gasteiger partial charge in [0.15, 0.2) is 0 Å². The maximum Gasteiger partial charge on any atom is 0.253 e. The molecule has 7 heteroatoms. The summed E-state index contributed by atoms with van der Waals surface area (Å²) in [5, 5.41) is 6.81. The number of nitrogens with one attached hydrogen (secondary N) is 2. The summed E-state index contributed by atoms with van der Waals surface area (Å²) in [7, 11) is 0. The van der Waals surface area contributed by atoms with Crippen LogP contribution in [0.2, 0.25) is 0 Å². The van der Waals surface area contributed by atoms with Crippen molar-refractivity contribution in [3.63, 3.8) is 0 Å². The van der Waals surface area contributed by atoms with Gasteiger partial charge in [-0.3, -0.25) is 4.79 Å². The molecule has 4 aliphatic rings. The number of carbonyl (C=O) groups excluding carboxylic acids is 1. The summed E-state index contributed by atoms with van der Waals surface area (Å²) in [4.78, 5) is 16.6. The van der Waals surface area contributed by atoms with E-state index < -0.39 is 0 Å². The lowest BCUT2D eigenvalue weighted by molar-refractivity contribution is -0.117. The number of nitrogens with zero attached hydrogens (tertiary/aromatic N) is 1. The smallest absolute Gasteiger partial charge is 0.253 e. The number of carbonyl (C=O) groups is 1. The molecule has 2 atom stereocenters. The molecule has 1 aromatic rings. The maximum atomic E-state index is 13.0. The molecule has 192 valence electrons. The molecule has 6 nitrogen and oxygen atoms in total. The summed E-state index contributed by atoms with van der Waals surface area (Å²) in [5.74, 6) is 2.03. The highest BCUT2D eigenvalue weighted by Crippen LogP contribution is 2.42. The molecule has 0 aromatic heterocycles. The molecule has 1 saturated heterocycles. The molecular weight excluding hydrogens is 468 g/mol. The monoisotopic (exact) mass is 506 g/mol. The summed E-state index contributed by atoms with van der Waals surface area (Å²) >= 11 is 1.70. The predicted molar refractivity (Wildman–Crippen MR) is 146 cm³/mol. The van der Waals surface area contributed by atoms with E-state index in [4.69, 9.17) is 10.5 Å². The Hall–Kier alpha value is -2.80. The summed E-state index contributed by atoms with van der Waals surface area (Å²) in [6, 6.07) is 8.65. The fourth-order valence-corrected chi connectivity index (χ4v) is 5.37. The van der Waals surface area contributed by atoms with Crippen molar-refractivity contribution in [1.29, 1.82) is 0 Å². The van der Waals surface area contributed by atoms with E-state index in [0.717, 1.165) is 30.2 Å². The number of amides is 1. The van der Waals surface area contributed by atoms with Crippen molar-refractivity contribution in [3.8, 4) is 0 Å². The number of thioether (sulfide) groups is 1. The molecule has 0 radical (unpaired) electrons. The van der Waals surface area contributed by atoms with Crippen molar-refractivity contribution in [2.45, 2.75) is 62.6 Å². The molecule has 3 fully saturated rings. The summed E-state index contributed by atoms with van der Waals surface area (Å²) in [6.07, 6.45) is 16.1. The van der Waals surface area contributed by atoms with Gasteiger partial charge in [0.05, 0.1) is 18.2 Å². The molecule has 2 aliphatic carbocycles. The number of dihydropyridines is 1. The maximum absolute atomic E-state index is 13.0. The third-order valence-electron chi connectivity index (χ3n) is 7.51. The van der Waals surface area contributed by atoms with Gasteiger partial charge in [0.2, 0.25) is 0 Å². The second-order valence-electron chi connectivity index (χ2n) is 10.2. The topological polar surface area (TPSA) is 79.6 Å². The standard InChI is InChI=1S/C29H38N4O2S/c1-19-28(14-23(17-30)29(34)31-18-20-4-10-25(36-2)11-5-20)35-13-3-12-33(19)24-15-26(21-6-7-21)32-27(16-24)22-8-9-22/h4-5,10-11,14-17,19,21-22,26,32H,3,6-9,12-13,18,30H2,1-2H3,(H,31,34)/b23-17?,28-14+. The van der Waals surface area contributed by atoms with Crippen LogP contribution in [0.1, 0.15) is 44.6 Å². The first-order valence-corrected chi connectivity index (χ1v) is 14.4. The van der Waals surface area contributed by atoms with E-state index in [-0.39, 0.29) is 11.9 Å². The van der Waals surface area contributed by atoms with E-state index in [0.29, 0.717) is 30.7 Å². The summed E-state index contributed by atoms with van der Waals surface area (Å²) in [5.41, 5.74) is 10.1. The fraction of sp³-hybridized carbons (Fsp3) is 0.483. The molecule has 2 heterocycles. The lowest BCUT2D eigenvalue weighted by Gasteiger charge is -2.35. The average molecular weight is 507 g/mol. The van der Waals surface area contributed by atoms with E-state index in [1.807, 2.05) is 18.2 Å². The zero-order valence-corrected chi connectivity index (χ0v) is 22.2. The molecule has 2 unspecified atom stereocenters. The number of benzene rings is 1. The first-order valence-electron chi connectivity index (χ1n) is 13.2. The zero-order chi connectivity index (χ0) is 25.1. The lowest BCUT2D eigenvalue weighted by atomic mass is 10.0. The molecule has 0 spiro atoms. The largest absolute Gasteiger partial charge is 0.496 e. The van der Waals surface area contributed by atoms with Crippen LogP contribution in [-0.2, 0) is 16.1 Å². The van der Waals surface area contributed by atoms with E-state index in [2.05, 4.69) is 53.0 Å². The van der Waals surface area contributed by atoms with Crippen LogP contribution in [0.25, 0.3) is 0 Å². The van der Waals surface area contributed by atoms with Crippen LogP contribution in [0.15, 0.2) is 76.3 Å². The SMILES string of the molecule is CSc1ccc(CNC(=O)C(=CN)/C=C2/OCCCN(C3=CC(C4CC4)NC(C4CC4)=C3)C2C)cc1. The van der Waals surface area contributed by atoms with Crippen molar-refractivity contribution < 1.29 is 9.53 Å². The Morgan fingerprint density at radius 1 is 1.25 bits per heavy atom. The Bertz CT molecular complexity index is 1080. The summed E-state index contributed by atoms with van der Waals surface area (Å²) < 4.78 is 6.16. The highest BCUT2D eigenvalue weighted by atomic mass is 32.2. The van der Waals surface area contributed by atoms with Gasteiger partial charge in [-0.2, -0.15) is 0 Å². The Morgan fingerprint density at radius 3 is 2.69 bits per heavy atom. The number of hydrogen-bond donors (Lipinski definition) is 3. The number of ether oxygens (including phenoxy) is 1. The minimum Gasteiger partial charge on any atom is -0.496 e. The van der Waals surface area contributed by atoms with E-state index in [9.17, 15) is 4.79 Å². The molecule has 2 aliphatic heterocycles. The van der Waals surface area contributed by atoms with Crippen LogP contribution in [0.5, 0.6) is 0 Å². The number of nitrogens with two attached hydrogens (primary N) is 1. The molecule has 2 saturated carbocycles. The van der Waals surface area contributed by atoms with Gasteiger partial charge in [-0.15, -0.1) is 11.8 Å². The van der Waals surface area contributed by atoms with Gasteiger partial charge in [0, 0.05) is 41.6 Å². The van der Waals surface area contributed by atoms with Gasteiger partial charge in [0.25, 0.3) is 5.91 Å². The van der Waals surface area contributed by atoms with Crippen LogP contribution >= 0.6 is 11.8 Å². The average Bonchev–Trinajstić information content (AvgIpc) is 3.80. The van der Waals surface area contributed by atoms with Crippen LogP contribution in [0, 0.1) is 11.8 Å². The van der Waals surface area contributed by atoms with E-state index in [1.54, 1.807) is 11.8 Å². The number of rotatable bonds is 8. The van der Waals surface area contributed by atoms with Crippen LogP contribution in [-0.4, -0.2) is 42.3 Å². The number of hydrogen-bond acceptors (Lipinski definition) is 6. The van der Waals surface area contributed by atoms with Gasteiger partial charge in [0.1, 0.15) is 5.76 Å². The normalized spacial score (nSPS) is 25.9. The zero-order valence-electron chi connectivity index (χ0n) is 21.3. The second kappa shape index (κ2) is 11.1. The molecule has 5 rings (SSSR count). The predicted octanol–water partition coefficient (Wildman–Crippen LogP) is 4.42. The van der Waals surface area contributed by atoms with Crippen LogP contribution in [0.3, 0.4) is 0 Å². The molecular formula is C29H38N4O2S. The van der Waals surface area contributed by atoms with Gasteiger partial charge in [-0.1, -0.05) is 12.1 Å². The Labute approximate surface area is 219 Å². The van der Waals surface area contributed by atoms with Gasteiger partial charge < -0.3 is 26.0 Å². The van der Waals surface area contributed by atoms with Crippen molar-refractivity contribution in [2.24, 2.45) is 17.6 Å². The Morgan fingerprint density at radius 2 is 2.03 bits per heavy atom. The van der Waals surface area contributed by atoms with Gasteiger partial charge in [-0.25, -0.2) is 0 Å². The molecule has 4 N–H and O–H groups in total. The second-order valence-corrected chi connectivity index (χ2v) is 11.1. The summed E-state index contributed by atoms with van der Waals surface area (Å²) in [6.45, 7) is 4.17. The minimum absolute atomic E-state index is 0.00949. The minimum atomic E-state index is -0.198. The first kappa shape index (κ1) is 24.9. The molecule has 0 bridgehead atoms. The highest BCUT2D eigenvalue weighted by molar-refractivity contribution is 7.98. The highest BCUT2D eigenvalue weighted by Gasteiger charge is 2.37. The van der Waals surface area contributed by atoms with Crippen molar-refractivity contribution >= 4 is 17.7 Å². The van der Waals surface area contributed by atoms with Gasteiger partial charge in [-0.05, 0) is 93.0 Å². The molecule has 36 heavy (non-hydrogen) atoms. The van der Waals surface area contributed by atoms with E-state index in [1.165, 1.54) is 48.2 Å². The third kappa shape index (κ3) is 5.94.